The maximum Gasteiger partial charge on any atom is 0.211 e. The van der Waals surface area contributed by atoms with Crippen LogP contribution in [0.15, 0.2) is 99.1 Å². The van der Waals surface area contributed by atoms with Crippen LogP contribution in [0.5, 0.6) is 0 Å². The molecule has 0 amide bonds. The second-order valence-corrected chi connectivity index (χ2v) is 6.53. The molecule has 4 nitrogen and oxygen atoms in total. The van der Waals surface area contributed by atoms with Crippen LogP contribution in [-0.4, -0.2) is 10.8 Å². The highest BCUT2D eigenvalue weighted by molar-refractivity contribution is 7.07. The summed E-state index contributed by atoms with van der Waals surface area (Å²) in [4.78, 5) is 0.826. The average molecular weight is 359 g/mol. The van der Waals surface area contributed by atoms with Crippen LogP contribution in [0.25, 0.3) is 11.3 Å². The van der Waals surface area contributed by atoms with Crippen LogP contribution in [0.1, 0.15) is 11.3 Å². The summed E-state index contributed by atoms with van der Waals surface area (Å²) in [5.74, 6) is 0.883. The normalized spacial score (nSPS) is 12.1. The van der Waals surface area contributed by atoms with Gasteiger partial charge in [0.15, 0.2) is 0 Å². The van der Waals surface area contributed by atoms with Crippen LogP contribution < -0.4 is 4.80 Å². The smallest absolute Gasteiger partial charge is 0.211 e. The van der Waals surface area contributed by atoms with E-state index >= 15 is 0 Å². The van der Waals surface area contributed by atoms with Gasteiger partial charge in [0.05, 0.1) is 24.7 Å². The Morgan fingerprint density at radius 3 is 2.42 bits per heavy atom. The maximum atomic E-state index is 5.53. The Balaban J connectivity index is 1.73. The first kappa shape index (κ1) is 16.3. The zero-order valence-corrected chi connectivity index (χ0v) is 14.8. The van der Waals surface area contributed by atoms with Gasteiger partial charge in [-0.25, -0.2) is 0 Å². The van der Waals surface area contributed by atoms with Crippen LogP contribution in [0.4, 0.5) is 0 Å². The molecule has 0 saturated heterocycles. The van der Waals surface area contributed by atoms with Crippen LogP contribution in [0.2, 0.25) is 0 Å². The summed E-state index contributed by atoms with van der Waals surface area (Å²) in [6.07, 6.45) is 3.45. The van der Waals surface area contributed by atoms with Gasteiger partial charge < -0.3 is 8.98 Å². The van der Waals surface area contributed by atoms with E-state index in [0.29, 0.717) is 6.54 Å². The molecule has 0 aliphatic carbocycles. The van der Waals surface area contributed by atoms with E-state index < -0.39 is 0 Å². The molecular weight excluding hydrogens is 342 g/mol. The molecule has 0 aliphatic heterocycles. The monoisotopic (exact) mass is 359 g/mol. The number of nitrogens with zero attached hydrogens (tertiary/aromatic N) is 3. The van der Waals surface area contributed by atoms with E-state index in [9.17, 15) is 0 Å². The average Bonchev–Trinajstić information content (AvgIpc) is 3.34. The van der Waals surface area contributed by atoms with Crippen molar-refractivity contribution in [3.8, 4) is 11.3 Å². The number of thiazole rings is 1. The van der Waals surface area contributed by atoms with Gasteiger partial charge in [0.1, 0.15) is 5.76 Å². The molecule has 2 aromatic heterocycles. The van der Waals surface area contributed by atoms with E-state index in [-0.39, 0.29) is 0 Å². The lowest BCUT2D eigenvalue weighted by Crippen LogP contribution is -2.16. The second kappa shape index (κ2) is 7.80. The van der Waals surface area contributed by atoms with Gasteiger partial charge in [0.25, 0.3) is 0 Å². The van der Waals surface area contributed by atoms with E-state index in [2.05, 4.69) is 32.3 Å². The third-order valence-electron chi connectivity index (χ3n) is 3.91. The van der Waals surface area contributed by atoms with E-state index in [1.807, 2.05) is 60.7 Å². The summed E-state index contributed by atoms with van der Waals surface area (Å²) in [6.45, 7) is 0.612. The second-order valence-electron chi connectivity index (χ2n) is 5.69. The van der Waals surface area contributed by atoms with Gasteiger partial charge in [-0.15, -0.1) is 16.4 Å². The lowest BCUT2D eigenvalue weighted by molar-refractivity contribution is 0.491. The molecule has 0 bridgehead atoms. The number of hydrogen-bond acceptors (Lipinski definition) is 4. The van der Waals surface area contributed by atoms with E-state index in [1.54, 1.807) is 23.8 Å². The SMILES string of the molecule is C(=N/N=c1/scc(-c2ccccc2)n1Cc1ccco1)/c1ccccc1. The van der Waals surface area contributed by atoms with Crippen molar-refractivity contribution < 1.29 is 4.42 Å². The van der Waals surface area contributed by atoms with Gasteiger partial charge in [-0.3, -0.25) is 0 Å². The molecule has 0 radical (unpaired) electrons. The van der Waals surface area contributed by atoms with Gasteiger partial charge in [0, 0.05) is 5.38 Å². The summed E-state index contributed by atoms with van der Waals surface area (Å²) >= 11 is 1.57. The lowest BCUT2D eigenvalue weighted by atomic mass is 10.2. The highest BCUT2D eigenvalue weighted by atomic mass is 32.1. The zero-order chi connectivity index (χ0) is 17.6. The first-order valence-corrected chi connectivity index (χ1v) is 9.16. The standard InChI is InChI=1S/C21H17N3OS/c1-3-8-17(9-4-1)14-22-23-21-24(15-19-12-7-13-25-19)20(16-26-21)18-10-5-2-6-11-18/h1-14,16H,15H2/b22-14-,23-21+. The Morgan fingerprint density at radius 2 is 1.69 bits per heavy atom. The Hall–Kier alpha value is -3.18. The Morgan fingerprint density at radius 1 is 0.923 bits per heavy atom. The van der Waals surface area contributed by atoms with Gasteiger partial charge in [-0.2, -0.15) is 5.10 Å². The third kappa shape index (κ3) is 3.73. The number of rotatable bonds is 5. The molecule has 0 atom stereocenters. The zero-order valence-electron chi connectivity index (χ0n) is 14.0. The Bertz CT molecular complexity index is 1050. The molecule has 0 fully saturated rings. The van der Waals surface area contributed by atoms with Crippen molar-refractivity contribution in [3.63, 3.8) is 0 Å². The maximum absolute atomic E-state index is 5.53. The third-order valence-corrected chi connectivity index (χ3v) is 4.76. The fourth-order valence-corrected chi connectivity index (χ4v) is 3.51. The van der Waals surface area contributed by atoms with Crippen molar-refractivity contribution in [2.75, 3.05) is 0 Å². The van der Waals surface area contributed by atoms with Crippen LogP contribution in [0.3, 0.4) is 0 Å². The highest BCUT2D eigenvalue weighted by Gasteiger charge is 2.09. The first-order chi connectivity index (χ1) is 12.9. The summed E-state index contributed by atoms with van der Waals surface area (Å²) in [7, 11) is 0. The molecule has 0 N–H and O–H groups in total. The summed E-state index contributed by atoms with van der Waals surface area (Å²) in [6, 6.07) is 24.1. The van der Waals surface area contributed by atoms with E-state index in [1.165, 1.54) is 0 Å². The highest BCUT2D eigenvalue weighted by Crippen LogP contribution is 2.20. The summed E-state index contributed by atoms with van der Waals surface area (Å²) in [5.41, 5.74) is 3.26. The Labute approximate surface area is 155 Å². The Kier molecular flexibility index (Phi) is 4.89. The van der Waals surface area contributed by atoms with Crippen molar-refractivity contribution in [2.24, 2.45) is 10.2 Å². The molecule has 0 aliphatic rings. The van der Waals surface area contributed by atoms with Crippen molar-refractivity contribution in [2.45, 2.75) is 6.54 Å². The summed E-state index contributed by atoms with van der Waals surface area (Å²) < 4.78 is 7.66. The number of hydrogen-bond donors (Lipinski definition) is 0. The van der Waals surface area contributed by atoms with Gasteiger partial charge in [0.2, 0.25) is 4.80 Å². The quantitative estimate of drug-likeness (QED) is 0.373. The molecule has 0 unspecified atom stereocenters. The molecule has 2 aromatic carbocycles. The van der Waals surface area contributed by atoms with Crippen molar-refractivity contribution in [1.29, 1.82) is 0 Å². The number of furan rings is 1. The van der Waals surface area contributed by atoms with Gasteiger partial charge in [-0.1, -0.05) is 60.7 Å². The number of aromatic nitrogens is 1. The van der Waals surface area contributed by atoms with Gasteiger partial charge >= 0.3 is 0 Å². The minimum Gasteiger partial charge on any atom is -0.467 e. The van der Waals surface area contributed by atoms with Crippen molar-refractivity contribution >= 4 is 17.6 Å². The van der Waals surface area contributed by atoms with Crippen LogP contribution >= 0.6 is 11.3 Å². The molecule has 0 saturated carbocycles. The molecule has 2 heterocycles. The predicted molar refractivity (Wildman–Crippen MR) is 105 cm³/mol. The molecule has 5 heteroatoms. The lowest BCUT2D eigenvalue weighted by Gasteiger charge is -2.07. The minimum absolute atomic E-state index is 0.612. The predicted octanol–water partition coefficient (Wildman–Crippen LogP) is 4.79. The fraction of sp³-hybridized carbons (Fsp3) is 0.0476. The first-order valence-electron chi connectivity index (χ1n) is 8.28. The fourth-order valence-electron chi connectivity index (χ4n) is 2.64. The van der Waals surface area contributed by atoms with Crippen molar-refractivity contribution in [3.05, 3.63) is 101 Å². The van der Waals surface area contributed by atoms with Gasteiger partial charge in [-0.05, 0) is 23.3 Å². The molecule has 128 valence electrons. The van der Waals surface area contributed by atoms with Crippen LogP contribution in [-0.2, 0) is 6.54 Å². The minimum atomic E-state index is 0.612. The largest absolute Gasteiger partial charge is 0.467 e. The molecule has 0 spiro atoms. The number of benzene rings is 2. The molecular formula is C21H17N3OS. The molecule has 4 aromatic rings. The molecule has 26 heavy (non-hydrogen) atoms. The van der Waals surface area contributed by atoms with E-state index in [4.69, 9.17) is 4.42 Å². The van der Waals surface area contributed by atoms with Crippen molar-refractivity contribution in [1.82, 2.24) is 4.57 Å². The van der Waals surface area contributed by atoms with Crippen LogP contribution in [0, 0.1) is 0 Å². The topological polar surface area (TPSA) is 42.8 Å². The summed E-state index contributed by atoms with van der Waals surface area (Å²) in [5, 5.41) is 10.8. The van der Waals surface area contributed by atoms with E-state index in [0.717, 1.165) is 27.4 Å². The molecule has 4 rings (SSSR count).